The van der Waals surface area contributed by atoms with Crippen molar-refractivity contribution in [2.45, 2.75) is 51.3 Å². The van der Waals surface area contributed by atoms with Gasteiger partial charge in [0.15, 0.2) is 0 Å². The maximum absolute atomic E-state index is 6.20. The fraction of sp³-hybridized carbons (Fsp3) is 0.400. The minimum atomic E-state index is 0.500. The van der Waals surface area contributed by atoms with Crippen LogP contribution < -0.4 is 10.1 Å². The van der Waals surface area contributed by atoms with E-state index in [-0.39, 0.29) is 0 Å². The standard InChI is InChI=1S/C20H24ClNO/c21-19-12-6-4-9-17(19)15-23-20-13-7-5-8-16(20)14-22-18-10-2-1-3-11-18/h4-9,12-13,18,22H,1-3,10-11,14-15H2. The summed E-state index contributed by atoms with van der Waals surface area (Å²) in [5, 5.41) is 4.44. The summed E-state index contributed by atoms with van der Waals surface area (Å²) in [6.07, 6.45) is 6.67. The highest BCUT2D eigenvalue weighted by Gasteiger charge is 2.13. The first-order valence-corrected chi connectivity index (χ1v) is 8.88. The van der Waals surface area contributed by atoms with Crippen LogP contribution in [0, 0.1) is 0 Å². The summed E-state index contributed by atoms with van der Waals surface area (Å²) < 4.78 is 6.02. The Balaban J connectivity index is 1.60. The van der Waals surface area contributed by atoms with Gasteiger partial charge in [0.2, 0.25) is 0 Å². The molecule has 0 saturated heterocycles. The number of hydrogen-bond acceptors (Lipinski definition) is 2. The fourth-order valence-corrected chi connectivity index (χ4v) is 3.31. The van der Waals surface area contributed by atoms with Crippen LogP contribution in [0.25, 0.3) is 0 Å². The smallest absolute Gasteiger partial charge is 0.124 e. The Morgan fingerprint density at radius 1 is 0.913 bits per heavy atom. The minimum absolute atomic E-state index is 0.500. The molecule has 0 amide bonds. The van der Waals surface area contributed by atoms with Gasteiger partial charge in [-0.05, 0) is 25.0 Å². The van der Waals surface area contributed by atoms with Gasteiger partial charge in [-0.15, -0.1) is 0 Å². The zero-order chi connectivity index (χ0) is 15.9. The van der Waals surface area contributed by atoms with Crippen LogP contribution >= 0.6 is 11.6 Å². The van der Waals surface area contributed by atoms with Gasteiger partial charge in [0.05, 0.1) is 0 Å². The van der Waals surface area contributed by atoms with Gasteiger partial charge in [-0.2, -0.15) is 0 Å². The third-order valence-corrected chi connectivity index (χ3v) is 4.87. The quantitative estimate of drug-likeness (QED) is 0.772. The number of nitrogens with one attached hydrogen (secondary N) is 1. The van der Waals surface area contributed by atoms with Crippen molar-refractivity contribution in [2.24, 2.45) is 0 Å². The van der Waals surface area contributed by atoms with Crippen LogP contribution in [0.3, 0.4) is 0 Å². The zero-order valence-electron chi connectivity index (χ0n) is 13.4. The number of para-hydroxylation sites is 1. The van der Waals surface area contributed by atoms with Crippen molar-refractivity contribution in [3.63, 3.8) is 0 Å². The molecule has 0 heterocycles. The lowest BCUT2D eigenvalue weighted by molar-refractivity contribution is 0.300. The summed E-state index contributed by atoms with van der Waals surface area (Å²) in [5.74, 6) is 0.940. The Hall–Kier alpha value is -1.51. The average molecular weight is 330 g/mol. The van der Waals surface area contributed by atoms with Gasteiger partial charge < -0.3 is 10.1 Å². The van der Waals surface area contributed by atoms with E-state index in [0.717, 1.165) is 22.9 Å². The molecule has 2 aromatic rings. The third-order valence-electron chi connectivity index (χ3n) is 4.50. The lowest BCUT2D eigenvalue weighted by atomic mass is 9.95. The lowest BCUT2D eigenvalue weighted by Gasteiger charge is -2.23. The van der Waals surface area contributed by atoms with Gasteiger partial charge in [-0.3, -0.25) is 0 Å². The molecule has 0 aromatic heterocycles. The van der Waals surface area contributed by atoms with Gasteiger partial charge in [-0.1, -0.05) is 67.3 Å². The average Bonchev–Trinajstić information content (AvgIpc) is 2.61. The maximum Gasteiger partial charge on any atom is 0.124 e. The summed E-state index contributed by atoms with van der Waals surface area (Å²) >= 11 is 6.20. The molecule has 0 aliphatic heterocycles. The molecule has 0 radical (unpaired) electrons. The van der Waals surface area contributed by atoms with Crippen LogP contribution in [0.1, 0.15) is 43.2 Å². The van der Waals surface area contributed by atoms with Crippen molar-refractivity contribution in [3.8, 4) is 5.75 Å². The summed E-state index contributed by atoms with van der Waals surface area (Å²) in [6, 6.07) is 16.7. The second kappa shape index (κ2) is 8.37. The number of hydrogen-bond donors (Lipinski definition) is 1. The monoisotopic (exact) mass is 329 g/mol. The van der Waals surface area contributed by atoms with Crippen LogP contribution in [0.4, 0.5) is 0 Å². The predicted molar refractivity (Wildman–Crippen MR) is 95.9 cm³/mol. The van der Waals surface area contributed by atoms with Crippen molar-refractivity contribution in [3.05, 3.63) is 64.7 Å². The molecule has 0 unspecified atom stereocenters. The molecular formula is C20H24ClNO. The van der Waals surface area contributed by atoms with Crippen molar-refractivity contribution in [1.29, 1.82) is 0 Å². The fourth-order valence-electron chi connectivity index (χ4n) is 3.12. The van der Waals surface area contributed by atoms with Gasteiger partial charge in [-0.25, -0.2) is 0 Å². The van der Waals surface area contributed by atoms with Crippen LogP contribution in [-0.4, -0.2) is 6.04 Å². The molecule has 1 saturated carbocycles. The third kappa shape index (κ3) is 4.73. The summed E-state index contributed by atoms with van der Waals surface area (Å²) in [6.45, 7) is 1.36. The maximum atomic E-state index is 6.20. The molecule has 3 heteroatoms. The Bertz CT molecular complexity index is 623. The molecule has 23 heavy (non-hydrogen) atoms. The normalized spacial score (nSPS) is 15.5. The highest BCUT2D eigenvalue weighted by Crippen LogP contribution is 2.23. The zero-order valence-corrected chi connectivity index (χ0v) is 14.2. The van der Waals surface area contributed by atoms with Crippen molar-refractivity contribution in [1.82, 2.24) is 5.32 Å². The molecule has 122 valence electrons. The second-order valence-corrected chi connectivity index (χ2v) is 6.61. The van der Waals surface area contributed by atoms with E-state index in [4.69, 9.17) is 16.3 Å². The molecule has 2 nitrogen and oxygen atoms in total. The van der Waals surface area contributed by atoms with E-state index in [1.165, 1.54) is 37.7 Å². The number of halogens is 1. The number of benzene rings is 2. The Morgan fingerprint density at radius 2 is 1.61 bits per heavy atom. The molecule has 1 aliphatic rings. The van der Waals surface area contributed by atoms with Crippen LogP contribution in [-0.2, 0) is 13.2 Å². The van der Waals surface area contributed by atoms with Crippen molar-refractivity contribution < 1.29 is 4.74 Å². The van der Waals surface area contributed by atoms with Gasteiger partial charge in [0, 0.05) is 28.7 Å². The van der Waals surface area contributed by atoms with Crippen molar-refractivity contribution >= 4 is 11.6 Å². The molecule has 1 fully saturated rings. The molecule has 1 aliphatic carbocycles. The topological polar surface area (TPSA) is 21.3 Å². The molecule has 0 bridgehead atoms. The van der Waals surface area contributed by atoms with E-state index in [0.29, 0.717) is 12.6 Å². The van der Waals surface area contributed by atoms with E-state index in [9.17, 15) is 0 Å². The molecule has 3 rings (SSSR count). The Labute approximate surface area is 143 Å². The number of ether oxygens (including phenoxy) is 1. The predicted octanol–water partition coefficient (Wildman–Crippen LogP) is 5.34. The second-order valence-electron chi connectivity index (χ2n) is 6.20. The van der Waals surface area contributed by atoms with Gasteiger partial charge >= 0.3 is 0 Å². The lowest BCUT2D eigenvalue weighted by Crippen LogP contribution is -2.30. The largest absolute Gasteiger partial charge is 0.489 e. The van der Waals surface area contributed by atoms with E-state index in [1.54, 1.807) is 0 Å². The minimum Gasteiger partial charge on any atom is -0.489 e. The van der Waals surface area contributed by atoms with E-state index in [2.05, 4.69) is 17.4 Å². The molecule has 0 atom stereocenters. The summed E-state index contributed by atoms with van der Waals surface area (Å²) in [4.78, 5) is 0. The first-order valence-electron chi connectivity index (χ1n) is 8.50. The van der Waals surface area contributed by atoms with E-state index < -0.39 is 0 Å². The SMILES string of the molecule is Clc1ccccc1COc1ccccc1CNC1CCCCC1. The first-order chi connectivity index (χ1) is 11.3. The highest BCUT2D eigenvalue weighted by atomic mass is 35.5. The molecule has 2 aromatic carbocycles. The molecular weight excluding hydrogens is 306 g/mol. The van der Waals surface area contributed by atoms with Crippen LogP contribution in [0.5, 0.6) is 5.75 Å². The Morgan fingerprint density at radius 3 is 2.39 bits per heavy atom. The van der Waals surface area contributed by atoms with Gasteiger partial charge in [0.25, 0.3) is 0 Å². The number of rotatable bonds is 6. The van der Waals surface area contributed by atoms with Crippen LogP contribution in [0.15, 0.2) is 48.5 Å². The van der Waals surface area contributed by atoms with E-state index in [1.807, 2.05) is 36.4 Å². The first kappa shape index (κ1) is 16.4. The summed E-state index contributed by atoms with van der Waals surface area (Å²) in [5.41, 5.74) is 2.23. The summed E-state index contributed by atoms with van der Waals surface area (Å²) in [7, 11) is 0. The molecule has 1 N–H and O–H groups in total. The van der Waals surface area contributed by atoms with Crippen LogP contribution in [0.2, 0.25) is 5.02 Å². The van der Waals surface area contributed by atoms with Gasteiger partial charge in [0.1, 0.15) is 12.4 Å². The van der Waals surface area contributed by atoms with E-state index >= 15 is 0 Å². The Kier molecular flexibility index (Phi) is 5.95. The molecule has 0 spiro atoms. The van der Waals surface area contributed by atoms with Crippen molar-refractivity contribution in [2.75, 3.05) is 0 Å². The highest BCUT2D eigenvalue weighted by molar-refractivity contribution is 6.31.